The van der Waals surface area contributed by atoms with Crippen molar-refractivity contribution in [1.29, 1.82) is 0 Å². The van der Waals surface area contributed by atoms with Gasteiger partial charge in [-0.25, -0.2) is 9.97 Å². The molecule has 8 aromatic rings. The number of aromatic nitrogens is 4. The first-order valence-corrected chi connectivity index (χ1v) is 16.3. The van der Waals surface area contributed by atoms with Crippen LogP contribution in [-0.4, -0.2) is 19.9 Å². The quantitative estimate of drug-likeness (QED) is 0.181. The molecule has 0 fully saturated rings. The highest BCUT2D eigenvalue weighted by Crippen LogP contribution is 2.35. The standard InChI is InChI=1S/C44H30N4/c1-2-16-37-29(9-1)19-20-39-43(37)38-17-3-4-18-40(38)48-44(39)33-13-6-11-31(24-33)30-10-5-12-32(23-30)36-25-41(34-14-7-21-45-27-34)47-42(26-36)35-15-8-22-46-28-35/h1-2,5-28H,3-4H2. The van der Waals surface area contributed by atoms with Crippen molar-refractivity contribution in [1.82, 2.24) is 19.9 Å². The molecule has 0 spiro atoms. The van der Waals surface area contributed by atoms with Gasteiger partial charge >= 0.3 is 0 Å². The summed E-state index contributed by atoms with van der Waals surface area (Å²) in [6.45, 7) is 0. The average molecular weight is 615 g/mol. The van der Waals surface area contributed by atoms with Gasteiger partial charge in [0.05, 0.1) is 22.4 Å². The van der Waals surface area contributed by atoms with Gasteiger partial charge in [-0.1, -0.05) is 84.9 Å². The Morgan fingerprint density at radius 1 is 0.438 bits per heavy atom. The number of hydrogen-bond donors (Lipinski definition) is 0. The molecule has 1 aliphatic rings. The first-order valence-electron chi connectivity index (χ1n) is 16.3. The van der Waals surface area contributed by atoms with Crippen LogP contribution >= 0.6 is 0 Å². The summed E-state index contributed by atoms with van der Waals surface area (Å²) in [5.74, 6) is 0. The van der Waals surface area contributed by atoms with E-state index in [1.165, 1.54) is 26.8 Å². The van der Waals surface area contributed by atoms with Crippen molar-refractivity contribution in [2.45, 2.75) is 12.8 Å². The van der Waals surface area contributed by atoms with Gasteiger partial charge in [-0.2, -0.15) is 0 Å². The summed E-state index contributed by atoms with van der Waals surface area (Å²) < 4.78 is 0. The van der Waals surface area contributed by atoms with E-state index >= 15 is 0 Å². The molecule has 0 aliphatic heterocycles. The number of benzene rings is 4. The zero-order valence-corrected chi connectivity index (χ0v) is 26.2. The maximum atomic E-state index is 5.29. The fraction of sp³-hybridized carbons (Fsp3) is 0.0455. The van der Waals surface area contributed by atoms with Crippen LogP contribution in [0.3, 0.4) is 0 Å². The van der Waals surface area contributed by atoms with Crippen molar-refractivity contribution in [2.24, 2.45) is 0 Å². The monoisotopic (exact) mass is 614 g/mol. The van der Waals surface area contributed by atoms with Crippen LogP contribution in [0.1, 0.15) is 12.8 Å². The molecule has 0 unspecified atom stereocenters. The smallest absolute Gasteiger partial charge is 0.0788 e. The van der Waals surface area contributed by atoms with Crippen LogP contribution in [-0.2, 0) is 0 Å². The molecule has 9 rings (SSSR count). The van der Waals surface area contributed by atoms with Gasteiger partial charge in [-0.3, -0.25) is 9.97 Å². The lowest BCUT2D eigenvalue weighted by Crippen LogP contribution is -2.31. The second-order valence-electron chi connectivity index (χ2n) is 12.2. The van der Waals surface area contributed by atoms with Gasteiger partial charge in [0.1, 0.15) is 0 Å². The molecule has 0 saturated carbocycles. The van der Waals surface area contributed by atoms with Gasteiger partial charge in [0, 0.05) is 57.5 Å². The highest BCUT2D eigenvalue weighted by Gasteiger charge is 2.14. The van der Waals surface area contributed by atoms with E-state index in [1.807, 2.05) is 36.7 Å². The van der Waals surface area contributed by atoms with Crippen molar-refractivity contribution in [3.8, 4) is 56.0 Å². The Labute approximate surface area is 278 Å². The van der Waals surface area contributed by atoms with E-state index in [2.05, 4.69) is 119 Å². The summed E-state index contributed by atoms with van der Waals surface area (Å²) in [7, 11) is 0. The normalized spacial score (nSPS) is 12.3. The highest BCUT2D eigenvalue weighted by molar-refractivity contribution is 6.11. The minimum absolute atomic E-state index is 0.874. The molecular weight excluding hydrogens is 585 g/mol. The molecule has 0 bridgehead atoms. The minimum Gasteiger partial charge on any atom is -0.264 e. The van der Waals surface area contributed by atoms with E-state index in [0.29, 0.717) is 0 Å². The van der Waals surface area contributed by atoms with E-state index in [0.717, 1.165) is 74.2 Å². The lowest BCUT2D eigenvalue weighted by molar-refractivity contribution is 1.09. The van der Waals surface area contributed by atoms with Crippen molar-refractivity contribution in [3.05, 3.63) is 157 Å². The van der Waals surface area contributed by atoms with Crippen molar-refractivity contribution < 1.29 is 0 Å². The van der Waals surface area contributed by atoms with E-state index < -0.39 is 0 Å². The van der Waals surface area contributed by atoms with Gasteiger partial charge in [0.25, 0.3) is 0 Å². The molecular formula is C44H30N4. The van der Waals surface area contributed by atoms with Crippen molar-refractivity contribution in [3.63, 3.8) is 0 Å². The van der Waals surface area contributed by atoms with Crippen LogP contribution in [0.25, 0.3) is 89.7 Å². The average Bonchev–Trinajstić information content (AvgIpc) is 3.18. The molecule has 0 saturated heterocycles. The van der Waals surface area contributed by atoms with Crippen LogP contribution < -0.4 is 10.6 Å². The summed E-state index contributed by atoms with van der Waals surface area (Å²) in [5.41, 5.74) is 10.3. The third-order valence-electron chi connectivity index (χ3n) is 9.22. The lowest BCUT2D eigenvalue weighted by Gasteiger charge is -2.14. The predicted molar refractivity (Wildman–Crippen MR) is 197 cm³/mol. The zero-order valence-electron chi connectivity index (χ0n) is 26.2. The Bertz CT molecular complexity index is 2550. The Morgan fingerprint density at radius 3 is 1.77 bits per heavy atom. The molecule has 226 valence electrons. The topological polar surface area (TPSA) is 51.6 Å². The first-order chi connectivity index (χ1) is 23.8. The molecule has 4 aromatic carbocycles. The zero-order chi connectivity index (χ0) is 31.9. The Hall–Kier alpha value is -6.26. The SMILES string of the molecule is C1=c2nc(-c3cccc(-c4cccc(-c5cc(-c6cccnc6)nc(-c6cccnc6)c5)c4)c3)c3ccc4ccccc4c3c2=CCC1. The van der Waals surface area contributed by atoms with E-state index in [4.69, 9.17) is 9.97 Å². The second kappa shape index (κ2) is 11.8. The fourth-order valence-electron chi connectivity index (χ4n) is 6.90. The highest BCUT2D eigenvalue weighted by atomic mass is 14.7. The summed E-state index contributed by atoms with van der Waals surface area (Å²) in [5, 5.41) is 7.35. The number of rotatable bonds is 5. The maximum absolute atomic E-state index is 5.29. The number of fused-ring (bicyclic) bond motifs is 5. The Kier molecular flexibility index (Phi) is 6.90. The van der Waals surface area contributed by atoms with E-state index in [9.17, 15) is 0 Å². The Balaban J connectivity index is 1.18. The fourth-order valence-corrected chi connectivity index (χ4v) is 6.90. The van der Waals surface area contributed by atoms with E-state index in [-0.39, 0.29) is 0 Å². The molecule has 0 amide bonds. The largest absolute Gasteiger partial charge is 0.264 e. The number of hydrogen-bond acceptors (Lipinski definition) is 4. The summed E-state index contributed by atoms with van der Waals surface area (Å²) in [6.07, 6.45) is 14.0. The predicted octanol–water partition coefficient (Wildman–Crippen LogP) is 9.26. The lowest BCUT2D eigenvalue weighted by atomic mass is 9.93. The van der Waals surface area contributed by atoms with Crippen molar-refractivity contribution in [2.75, 3.05) is 0 Å². The summed E-state index contributed by atoms with van der Waals surface area (Å²) in [4.78, 5) is 19.0. The molecule has 0 N–H and O–H groups in total. The maximum Gasteiger partial charge on any atom is 0.0788 e. The van der Waals surface area contributed by atoms with Gasteiger partial charge in [-0.05, 0) is 94.4 Å². The molecule has 1 aliphatic carbocycles. The van der Waals surface area contributed by atoms with Gasteiger partial charge in [-0.15, -0.1) is 0 Å². The molecule has 0 radical (unpaired) electrons. The third-order valence-corrected chi connectivity index (χ3v) is 9.22. The molecule has 4 nitrogen and oxygen atoms in total. The van der Waals surface area contributed by atoms with Crippen LogP contribution in [0.4, 0.5) is 0 Å². The number of nitrogens with zero attached hydrogens (tertiary/aromatic N) is 4. The van der Waals surface area contributed by atoms with Crippen LogP contribution in [0.2, 0.25) is 0 Å². The van der Waals surface area contributed by atoms with Crippen molar-refractivity contribution >= 4 is 33.7 Å². The second-order valence-corrected chi connectivity index (χ2v) is 12.2. The summed E-state index contributed by atoms with van der Waals surface area (Å²) in [6, 6.07) is 43.0. The Morgan fingerprint density at radius 2 is 1.06 bits per heavy atom. The molecule has 4 heterocycles. The van der Waals surface area contributed by atoms with E-state index in [1.54, 1.807) is 12.4 Å². The van der Waals surface area contributed by atoms with Gasteiger partial charge < -0.3 is 0 Å². The summed E-state index contributed by atoms with van der Waals surface area (Å²) >= 11 is 0. The first kappa shape index (κ1) is 28.0. The molecule has 48 heavy (non-hydrogen) atoms. The van der Waals surface area contributed by atoms with Gasteiger partial charge in [0.2, 0.25) is 0 Å². The molecule has 4 heteroatoms. The van der Waals surface area contributed by atoms with Crippen LogP contribution in [0.15, 0.2) is 146 Å². The van der Waals surface area contributed by atoms with Crippen LogP contribution in [0, 0.1) is 0 Å². The third kappa shape index (κ3) is 5.04. The van der Waals surface area contributed by atoms with Crippen LogP contribution in [0.5, 0.6) is 0 Å². The minimum atomic E-state index is 0.874. The molecule has 0 atom stereocenters. The molecule has 4 aromatic heterocycles. The van der Waals surface area contributed by atoms with Gasteiger partial charge in [0.15, 0.2) is 0 Å². The number of pyridine rings is 4.